The molecule has 0 spiro atoms. The first-order valence-electron chi connectivity index (χ1n) is 6.96. The number of rotatable bonds is 2. The maximum Gasteiger partial charge on any atom is 0.321 e. The van der Waals surface area contributed by atoms with E-state index in [0.29, 0.717) is 5.92 Å². The maximum absolute atomic E-state index is 12.2. The molecule has 1 N–H and O–H groups in total. The maximum atomic E-state index is 12.2. The van der Waals surface area contributed by atoms with Crippen molar-refractivity contribution in [2.45, 2.75) is 18.8 Å². The lowest BCUT2D eigenvalue weighted by Gasteiger charge is -2.31. The Morgan fingerprint density at radius 2 is 1.90 bits per heavy atom. The van der Waals surface area contributed by atoms with Crippen LogP contribution in [-0.2, 0) is 0 Å². The third kappa shape index (κ3) is 3.02. The highest BCUT2D eigenvalue weighted by atomic mass is 32.1. The van der Waals surface area contributed by atoms with Crippen LogP contribution in [0.25, 0.3) is 0 Å². The second-order valence-corrected chi connectivity index (χ2v) is 5.89. The average Bonchev–Trinajstić information content (AvgIpc) is 3.03. The van der Waals surface area contributed by atoms with Gasteiger partial charge in [0, 0.05) is 18.8 Å². The van der Waals surface area contributed by atoms with Crippen molar-refractivity contribution in [1.29, 1.82) is 0 Å². The molecule has 1 saturated heterocycles. The summed E-state index contributed by atoms with van der Waals surface area (Å²) < 4.78 is 0. The number of hydrogen-bond acceptors (Lipinski definition) is 2. The van der Waals surface area contributed by atoms with Gasteiger partial charge in [-0.2, -0.15) is 11.3 Å². The summed E-state index contributed by atoms with van der Waals surface area (Å²) in [6.07, 6.45) is 2.11. The minimum atomic E-state index is 0.0139. The van der Waals surface area contributed by atoms with Gasteiger partial charge in [0.2, 0.25) is 0 Å². The third-order valence-corrected chi connectivity index (χ3v) is 4.52. The van der Waals surface area contributed by atoms with E-state index < -0.39 is 0 Å². The number of hydrogen-bond donors (Lipinski definition) is 1. The van der Waals surface area contributed by atoms with Gasteiger partial charge in [-0.25, -0.2) is 4.79 Å². The molecular formula is C16H18N2OS. The van der Waals surface area contributed by atoms with E-state index in [-0.39, 0.29) is 6.03 Å². The lowest BCUT2D eigenvalue weighted by molar-refractivity contribution is 0.194. The fraction of sp³-hybridized carbons (Fsp3) is 0.312. The molecule has 0 bridgehead atoms. The van der Waals surface area contributed by atoms with Crippen molar-refractivity contribution in [2.24, 2.45) is 0 Å². The zero-order chi connectivity index (χ0) is 13.8. The van der Waals surface area contributed by atoms with Crippen LogP contribution in [0.3, 0.4) is 0 Å². The molecule has 3 nitrogen and oxygen atoms in total. The lowest BCUT2D eigenvalue weighted by Crippen LogP contribution is -2.40. The van der Waals surface area contributed by atoms with Crippen LogP contribution in [0.4, 0.5) is 10.5 Å². The lowest BCUT2D eigenvalue weighted by atomic mass is 9.91. The first kappa shape index (κ1) is 13.2. The number of carbonyl (C=O) groups is 1. The molecule has 2 amide bonds. The molecule has 3 rings (SSSR count). The van der Waals surface area contributed by atoms with Gasteiger partial charge < -0.3 is 10.2 Å². The van der Waals surface area contributed by atoms with Gasteiger partial charge in [0.15, 0.2) is 0 Å². The molecule has 0 radical (unpaired) electrons. The van der Waals surface area contributed by atoms with E-state index in [1.807, 2.05) is 35.2 Å². The Hall–Kier alpha value is -1.81. The molecule has 1 aliphatic rings. The molecule has 1 aliphatic heterocycles. The van der Waals surface area contributed by atoms with Crippen molar-refractivity contribution in [2.75, 3.05) is 18.4 Å². The Balaban J connectivity index is 1.54. The van der Waals surface area contributed by atoms with E-state index in [0.717, 1.165) is 31.6 Å². The zero-order valence-corrected chi connectivity index (χ0v) is 12.1. The Kier molecular flexibility index (Phi) is 4.02. The molecule has 0 atom stereocenters. The van der Waals surface area contributed by atoms with Gasteiger partial charge in [0.1, 0.15) is 0 Å². The number of nitrogens with one attached hydrogen (secondary N) is 1. The normalized spacial score (nSPS) is 16.1. The number of thiophene rings is 1. The molecule has 1 aromatic carbocycles. The predicted octanol–water partition coefficient (Wildman–Crippen LogP) is 4.16. The SMILES string of the molecule is O=C(Nc1ccccc1)N1CCC(c2ccsc2)CC1. The highest BCUT2D eigenvalue weighted by Crippen LogP contribution is 2.29. The van der Waals surface area contributed by atoms with Crippen LogP contribution >= 0.6 is 11.3 Å². The number of likely N-dealkylation sites (tertiary alicyclic amines) is 1. The number of anilines is 1. The summed E-state index contributed by atoms with van der Waals surface area (Å²) >= 11 is 1.75. The molecule has 1 fully saturated rings. The second kappa shape index (κ2) is 6.09. The van der Waals surface area contributed by atoms with E-state index in [2.05, 4.69) is 22.1 Å². The quantitative estimate of drug-likeness (QED) is 0.883. The molecule has 20 heavy (non-hydrogen) atoms. The van der Waals surface area contributed by atoms with E-state index in [9.17, 15) is 4.79 Å². The van der Waals surface area contributed by atoms with Crippen LogP contribution in [0.2, 0.25) is 0 Å². The summed E-state index contributed by atoms with van der Waals surface area (Å²) in [5, 5.41) is 7.31. The number of urea groups is 1. The summed E-state index contributed by atoms with van der Waals surface area (Å²) in [7, 11) is 0. The molecule has 104 valence electrons. The predicted molar refractivity (Wildman–Crippen MR) is 83.3 cm³/mol. The van der Waals surface area contributed by atoms with Crippen molar-refractivity contribution in [3.05, 3.63) is 52.7 Å². The molecule has 2 heterocycles. The first-order valence-corrected chi connectivity index (χ1v) is 7.90. The number of para-hydroxylation sites is 1. The van der Waals surface area contributed by atoms with Gasteiger partial charge in [-0.15, -0.1) is 0 Å². The van der Waals surface area contributed by atoms with E-state index in [1.54, 1.807) is 11.3 Å². The summed E-state index contributed by atoms with van der Waals surface area (Å²) in [5.74, 6) is 0.613. The van der Waals surface area contributed by atoms with Crippen molar-refractivity contribution in [3.63, 3.8) is 0 Å². The number of carbonyl (C=O) groups excluding carboxylic acids is 1. The topological polar surface area (TPSA) is 32.3 Å². The molecule has 0 aliphatic carbocycles. The van der Waals surface area contributed by atoms with Gasteiger partial charge in [-0.3, -0.25) is 0 Å². The Morgan fingerprint density at radius 3 is 2.55 bits per heavy atom. The van der Waals surface area contributed by atoms with Crippen molar-refractivity contribution in [3.8, 4) is 0 Å². The fourth-order valence-electron chi connectivity index (χ4n) is 2.65. The molecule has 2 aromatic rings. The van der Waals surface area contributed by atoms with Gasteiger partial charge >= 0.3 is 6.03 Å². The standard InChI is InChI=1S/C16H18N2OS/c19-16(17-15-4-2-1-3-5-15)18-9-6-13(7-10-18)14-8-11-20-12-14/h1-5,8,11-13H,6-7,9-10H2,(H,17,19). The Labute approximate surface area is 123 Å². The van der Waals surface area contributed by atoms with Gasteiger partial charge in [-0.05, 0) is 53.3 Å². The monoisotopic (exact) mass is 286 g/mol. The van der Waals surface area contributed by atoms with Crippen LogP contribution in [0.5, 0.6) is 0 Å². The molecule has 0 unspecified atom stereocenters. The minimum absolute atomic E-state index is 0.0139. The Morgan fingerprint density at radius 1 is 1.15 bits per heavy atom. The molecule has 0 saturated carbocycles. The van der Waals surface area contributed by atoms with Crippen molar-refractivity contribution < 1.29 is 4.79 Å². The van der Waals surface area contributed by atoms with Crippen molar-refractivity contribution in [1.82, 2.24) is 4.90 Å². The average molecular weight is 286 g/mol. The van der Waals surface area contributed by atoms with E-state index in [4.69, 9.17) is 0 Å². The van der Waals surface area contributed by atoms with Crippen molar-refractivity contribution >= 4 is 23.1 Å². The number of amides is 2. The third-order valence-electron chi connectivity index (χ3n) is 3.82. The van der Waals surface area contributed by atoms with Crippen LogP contribution in [0.15, 0.2) is 47.2 Å². The highest BCUT2D eigenvalue weighted by molar-refractivity contribution is 7.07. The van der Waals surface area contributed by atoms with Crippen LogP contribution in [-0.4, -0.2) is 24.0 Å². The van der Waals surface area contributed by atoms with Gasteiger partial charge in [0.25, 0.3) is 0 Å². The smallest absolute Gasteiger partial charge is 0.321 e. The fourth-order valence-corrected chi connectivity index (χ4v) is 3.39. The number of benzene rings is 1. The summed E-state index contributed by atoms with van der Waals surface area (Å²) in [6, 6.07) is 11.8. The Bertz CT molecular complexity index is 545. The van der Waals surface area contributed by atoms with E-state index in [1.165, 1.54) is 5.56 Å². The summed E-state index contributed by atoms with van der Waals surface area (Å²) in [5.41, 5.74) is 2.29. The second-order valence-electron chi connectivity index (χ2n) is 5.11. The van der Waals surface area contributed by atoms with Gasteiger partial charge in [-0.1, -0.05) is 18.2 Å². The first-order chi connectivity index (χ1) is 9.83. The van der Waals surface area contributed by atoms with E-state index >= 15 is 0 Å². The molecular weight excluding hydrogens is 268 g/mol. The summed E-state index contributed by atoms with van der Waals surface area (Å²) in [6.45, 7) is 1.67. The molecule has 1 aromatic heterocycles. The highest BCUT2D eigenvalue weighted by Gasteiger charge is 2.23. The van der Waals surface area contributed by atoms with Gasteiger partial charge in [0.05, 0.1) is 0 Å². The van der Waals surface area contributed by atoms with Crippen LogP contribution in [0.1, 0.15) is 24.3 Å². The number of nitrogens with zero attached hydrogens (tertiary/aromatic N) is 1. The number of piperidine rings is 1. The van der Waals surface area contributed by atoms with Crippen LogP contribution < -0.4 is 5.32 Å². The summed E-state index contributed by atoms with van der Waals surface area (Å²) in [4.78, 5) is 14.1. The zero-order valence-electron chi connectivity index (χ0n) is 11.3. The van der Waals surface area contributed by atoms with Crippen LogP contribution in [0, 0.1) is 0 Å². The largest absolute Gasteiger partial charge is 0.324 e. The molecule has 4 heteroatoms. The minimum Gasteiger partial charge on any atom is -0.324 e.